The molecular weight excluding hydrogens is 337 g/mol. The van der Waals surface area contributed by atoms with Gasteiger partial charge in [0.25, 0.3) is 0 Å². The lowest BCUT2D eigenvalue weighted by molar-refractivity contribution is -0.515. The van der Waals surface area contributed by atoms with Gasteiger partial charge < -0.3 is 15.9 Å². The van der Waals surface area contributed by atoms with Crippen LogP contribution in [0, 0.1) is 29.1 Å². The summed E-state index contributed by atoms with van der Waals surface area (Å²) in [5, 5.41) is 0. The molecule has 2 nitrogen and oxygen atoms in total. The van der Waals surface area contributed by atoms with Crippen molar-refractivity contribution in [3.05, 3.63) is 0 Å². The van der Waals surface area contributed by atoms with Crippen molar-refractivity contribution in [2.24, 2.45) is 29.1 Å². The van der Waals surface area contributed by atoms with Gasteiger partial charge in [-0.3, -0.25) is 0 Å². The normalized spacial score (nSPS) is 12.7. The van der Waals surface area contributed by atoms with Crippen molar-refractivity contribution >= 4 is 0 Å². The molecule has 0 heterocycles. The molecule has 0 rings (SSSR count). The Morgan fingerprint density at radius 2 is 0.852 bits per heavy atom. The van der Waals surface area contributed by atoms with Crippen LogP contribution in [0.5, 0.6) is 0 Å². The maximum atomic E-state index is 5.01. The summed E-state index contributed by atoms with van der Waals surface area (Å²) in [6, 6.07) is 0. The number of hydrogen-bond acceptors (Lipinski definition) is 0. The highest BCUT2D eigenvalue weighted by atomic mass is 19.0. The van der Waals surface area contributed by atoms with Gasteiger partial charge in [-0.1, -0.05) is 75.2 Å². The Balaban J connectivity index is -0.00000288. The quantitative estimate of drug-likeness (QED) is 0.472. The molecule has 27 heavy (non-hydrogen) atoms. The van der Waals surface area contributed by atoms with Crippen LogP contribution in [0.2, 0.25) is 0 Å². The molecular formula is C24H54FNO. The molecule has 5 N–H and O–H groups in total. The van der Waals surface area contributed by atoms with Gasteiger partial charge in [0, 0.05) is 18.3 Å². The Hall–Kier alpha value is -0.150. The van der Waals surface area contributed by atoms with Crippen LogP contribution in [0.15, 0.2) is 0 Å². The summed E-state index contributed by atoms with van der Waals surface area (Å²) in [6.07, 6.45) is 12.0. The van der Waals surface area contributed by atoms with Crippen LogP contribution in [0.25, 0.3) is 0 Å². The Kier molecular flexibility index (Phi) is 17.3. The molecule has 0 aliphatic carbocycles. The third kappa shape index (κ3) is 11.4. The Morgan fingerprint density at radius 3 is 1.07 bits per heavy atom. The maximum absolute atomic E-state index is 5.01. The molecule has 3 heteroatoms. The van der Waals surface area contributed by atoms with Crippen molar-refractivity contribution in [1.82, 2.24) is 0 Å². The summed E-state index contributed by atoms with van der Waals surface area (Å²) >= 11 is 0. The smallest absolute Gasteiger partial charge is 0.100 e. The summed E-state index contributed by atoms with van der Waals surface area (Å²) in [5.41, 5.74) is 5.68. The van der Waals surface area contributed by atoms with Crippen LogP contribution in [-0.2, 0) is 0 Å². The Bertz CT molecular complexity index is 315. The summed E-state index contributed by atoms with van der Waals surface area (Å²) in [5.74, 6) is 3.16. The minimum Gasteiger partial charge on any atom is -1.00 e. The molecule has 0 aromatic heterocycles. The van der Waals surface area contributed by atoms with Crippen LogP contribution in [0.3, 0.4) is 0 Å². The van der Waals surface area contributed by atoms with Crippen molar-refractivity contribution in [1.29, 1.82) is 0 Å². The van der Waals surface area contributed by atoms with Crippen molar-refractivity contribution in [3.8, 4) is 0 Å². The molecule has 168 valence electrons. The minimum atomic E-state index is 0. The molecule has 0 atom stereocenters. The fraction of sp³-hybridized carbons (Fsp3) is 1.00. The molecule has 0 unspecified atom stereocenters. The lowest BCUT2D eigenvalue weighted by Crippen LogP contribution is -3.00. The van der Waals surface area contributed by atoms with Gasteiger partial charge in [-0.2, -0.15) is 0 Å². The Labute approximate surface area is 171 Å². The molecule has 0 saturated carbocycles. The average molecular weight is 392 g/mol. The van der Waals surface area contributed by atoms with Crippen molar-refractivity contribution in [2.75, 3.05) is 0 Å². The van der Waals surface area contributed by atoms with Gasteiger partial charge in [0.1, 0.15) is 5.54 Å². The predicted octanol–water partition coefficient (Wildman–Crippen LogP) is 3.29. The van der Waals surface area contributed by atoms with E-state index < -0.39 is 0 Å². The van der Waals surface area contributed by atoms with Gasteiger partial charge in [0.15, 0.2) is 0 Å². The first-order valence-electron chi connectivity index (χ1n) is 11.3. The molecule has 0 bridgehead atoms. The molecule has 0 aliphatic rings. The van der Waals surface area contributed by atoms with Gasteiger partial charge in [-0.05, 0) is 55.8 Å². The van der Waals surface area contributed by atoms with Crippen LogP contribution >= 0.6 is 0 Å². The van der Waals surface area contributed by atoms with E-state index in [1.54, 1.807) is 0 Å². The number of quaternary nitrogens is 1. The molecule has 0 fully saturated rings. The van der Waals surface area contributed by atoms with Crippen molar-refractivity contribution < 1.29 is 15.9 Å². The topological polar surface area (TPSA) is 59.1 Å². The second-order valence-electron chi connectivity index (χ2n) is 10.6. The second-order valence-corrected chi connectivity index (χ2v) is 10.6. The number of hydrogen-bond donors (Lipinski definition) is 1. The van der Waals surface area contributed by atoms with Crippen LogP contribution in [0.1, 0.15) is 120 Å². The van der Waals surface area contributed by atoms with E-state index >= 15 is 0 Å². The predicted molar refractivity (Wildman–Crippen MR) is 118 cm³/mol. The summed E-state index contributed by atoms with van der Waals surface area (Å²) in [7, 11) is 0. The van der Waals surface area contributed by atoms with Gasteiger partial charge in [-0.25, -0.2) is 0 Å². The second kappa shape index (κ2) is 14.8. The summed E-state index contributed by atoms with van der Waals surface area (Å²) in [6.45, 7) is 21.5. The highest BCUT2D eigenvalue weighted by molar-refractivity contribution is 4.97. The molecule has 0 saturated heterocycles. The first-order valence-corrected chi connectivity index (χ1v) is 11.3. The van der Waals surface area contributed by atoms with Crippen molar-refractivity contribution in [2.45, 2.75) is 126 Å². The highest BCUT2D eigenvalue weighted by Crippen LogP contribution is 2.48. The monoisotopic (exact) mass is 391 g/mol. The third-order valence-electron chi connectivity index (χ3n) is 6.60. The van der Waals surface area contributed by atoms with Crippen LogP contribution < -0.4 is 10.4 Å². The maximum Gasteiger partial charge on any atom is 0.100 e. The fourth-order valence-corrected chi connectivity index (χ4v) is 4.30. The number of rotatable bonds is 14. The summed E-state index contributed by atoms with van der Waals surface area (Å²) < 4.78 is 0. The molecule has 0 amide bonds. The van der Waals surface area contributed by atoms with Crippen molar-refractivity contribution in [3.63, 3.8) is 0 Å². The van der Waals surface area contributed by atoms with E-state index in [1.165, 1.54) is 57.8 Å². The van der Waals surface area contributed by atoms with E-state index in [9.17, 15) is 0 Å². The van der Waals surface area contributed by atoms with E-state index in [4.69, 9.17) is 5.73 Å². The SMILES string of the molecule is CCC(CCC(C)C)(CCC(C)C)C([NH3+])(CCC(C)C)CCC(C)C.O.[F-]. The van der Waals surface area contributed by atoms with E-state index in [-0.39, 0.29) is 15.7 Å². The first-order chi connectivity index (χ1) is 11.5. The van der Waals surface area contributed by atoms with E-state index in [2.05, 4.69) is 62.3 Å². The molecule has 0 aliphatic heterocycles. The third-order valence-corrected chi connectivity index (χ3v) is 6.60. The van der Waals surface area contributed by atoms with Gasteiger partial charge in [0.05, 0.1) is 0 Å². The standard InChI is InChI=1S/C24H51N.FH.H2O/c1-10-23(15-11-19(2)3,16-12-20(4)5)24(25,17-13-21(6)7)18-14-22(8)9;;/h19-22H,10-18,25H2,1-9H3;1H;1H2. The van der Waals surface area contributed by atoms with Crippen LogP contribution in [0.4, 0.5) is 0 Å². The largest absolute Gasteiger partial charge is 1.00 e. The molecule has 0 spiro atoms. The average Bonchev–Trinajstić information content (AvgIpc) is 2.51. The zero-order valence-electron chi connectivity index (χ0n) is 20.3. The van der Waals surface area contributed by atoms with E-state index in [0.29, 0.717) is 5.41 Å². The highest BCUT2D eigenvalue weighted by Gasteiger charge is 2.49. The molecule has 0 radical (unpaired) electrons. The minimum absolute atomic E-state index is 0. The number of halogens is 1. The van der Waals surface area contributed by atoms with E-state index in [1.807, 2.05) is 0 Å². The molecule has 0 aromatic carbocycles. The fourth-order valence-electron chi connectivity index (χ4n) is 4.30. The van der Waals surface area contributed by atoms with Gasteiger partial charge >= 0.3 is 0 Å². The van der Waals surface area contributed by atoms with E-state index in [0.717, 1.165) is 23.7 Å². The molecule has 0 aromatic rings. The van der Waals surface area contributed by atoms with Gasteiger partial charge in [-0.15, -0.1) is 0 Å². The van der Waals surface area contributed by atoms with Crippen LogP contribution in [-0.4, -0.2) is 11.0 Å². The Morgan fingerprint density at radius 1 is 0.593 bits per heavy atom. The zero-order chi connectivity index (χ0) is 19.7. The summed E-state index contributed by atoms with van der Waals surface area (Å²) in [4.78, 5) is 0. The lowest BCUT2D eigenvalue weighted by Gasteiger charge is -2.47. The lowest BCUT2D eigenvalue weighted by atomic mass is 9.58. The van der Waals surface area contributed by atoms with Gasteiger partial charge in [0.2, 0.25) is 0 Å². The first kappa shape index (κ1) is 31.5. The zero-order valence-corrected chi connectivity index (χ0v) is 20.3.